The van der Waals surface area contributed by atoms with Crippen LogP contribution in [0.25, 0.3) is 0 Å². The Kier molecular flexibility index (Phi) is 5.16. The molecule has 142 valence electrons. The lowest BCUT2D eigenvalue weighted by atomic mass is 9.92. The average molecular weight is 444 g/mol. The van der Waals surface area contributed by atoms with E-state index < -0.39 is 22.9 Å². The molecule has 1 unspecified atom stereocenters. The van der Waals surface area contributed by atoms with Crippen LogP contribution in [0.1, 0.15) is 18.1 Å². The van der Waals surface area contributed by atoms with Crippen molar-refractivity contribution in [2.75, 3.05) is 0 Å². The Balaban J connectivity index is 1.95. The molecule has 1 atom stereocenters. The van der Waals surface area contributed by atoms with E-state index in [-0.39, 0.29) is 18.2 Å². The molecule has 0 spiro atoms. The molecule has 3 aromatic heterocycles. The molecular weight excluding hydrogens is 431 g/mol. The van der Waals surface area contributed by atoms with Gasteiger partial charge in [-0.3, -0.25) is 0 Å². The summed E-state index contributed by atoms with van der Waals surface area (Å²) >= 11 is 3.15. The smallest absolute Gasteiger partial charge is 0.417 e. The van der Waals surface area contributed by atoms with Crippen LogP contribution in [0.2, 0.25) is 0 Å². The molecule has 0 amide bonds. The first-order valence-corrected chi connectivity index (χ1v) is 8.36. The van der Waals surface area contributed by atoms with Gasteiger partial charge in [-0.1, -0.05) is 0 Å². The van der Waals surface area contributed by atoms with Crippen LogP contribution in [0.5, 0.6) is 11.6 Å². The topological polar surface area (TPSA) is 86.0 Å². The molecule has 0 saturated carbocycles. The van der Waals surface area contributed by atoms with Crippen molar-refractivity contribution in [3.63, 3.8) is 0 Å². The van der Waals surface area contributed by atoms with Gasteiger partial charge in [-0.25, -0.2) is 19.6 Å². The Hall–Kier alpha value is -2.53. The summed E-state index contributed by atoms with van der Waals surface area (Å²) in [6, 6.07) is 3.85. The molecule has 1 N–H and O–H groups in total. The zero-order valence-electron chi connectivity index (χ0n) is 13.9. The first-order chi connectivity index (χ1) is 12.6. The Bertz CT molecular complexity index is 915. The minimum Gasteiger partial charge on any atom is -0.437 e. The van der Waals surface area contributed by atoms with Crippen LogP contribution in [0.15, 0.2) is 47.9 Å². The van der Waals surface area contributed by atoms with E-state index in [2.05, 4.69) is 36.0 Å². The van der Waals surface area contributed by atoms with E-state index in [9.17, 15) is 18.3 Å². The van der Waals surface area contributed by atoms with Crippen LogP contribution in [-0.4, -0.2) is 29.8 Å². The highest BCUT2D eigenvalue weighted by molar-refractivity contribution is 9.10. The van der Waals surface area contributed by atoms with Gasteiger partial charge < -0.3 is 9.84 Å². The molecule has 27 heavy (non-hydrogen) atoms. The van der Waals surface area contributed by atoms with Crippen LogP contribution < -0.4 is 4.74 Å². The quantitative estimate of drug-likeness (QED) is 0.606. The van der Waals surface area contributed by atoms with E-state index in [0.717, 1.165) is 12.3 Å². The second kappa shape index (κ2) is 7.24. The van der Waals surface area contributed by atoms with Crippen molar-refractivity contribution in [1.29, 1.82) is 0 Å². The maximum absolute atomic E-state index is 13.6. The predicted octanol–water partition coefficient (Wildman–Crippen LogP) is 3.55. The lowest BCUT2D eigenvalue weighted by Gasteiger charge is -2.26. The minimum absolute atomic E-state index is 0.223. The molecular formula is C16H13BrF3N5O2. The summed E-state index contributed by atoms with van der Waals surface area (Å²) in [5, 5.41) is 14.4. The molecule has 0 radical (unpaired) electrons. The lowest BCUT2D eigenvalue weighted by molar-refractivity contribution is -0.141. The second-order valence-electron chi connectivity index (χ2n) is 5.85. The molecule has 3 heterocycles. The summed E-state index contributed by atoms with van der Waals surface area (Å²) in [6.45, 7) is 1.02. The molecule has 0 aromatic carbocycles. The van der Waals surface area contributed by atoms with Gasteiger partial charge >= 0.3 is 6.18 Å². The van der Waals surface area contributed by atoms with Crippen LogP contribution in [0.3, 0.4) is 0 Å². The Morgan fingerprint density at radius 2 is 1.96 bits per heavy atom. The van der Waals surface area contributed by atoms with E-state index in [1.807, 2.05) is 0 Å². The number of hydrogen-bond acceptors (Lipinski definition) is 6. The zero-order valence-corrected chi connectivity index (χ0v) is 15.4. The van der Waals surface area contributed by atoms with Gasteiger partial charge in [0.15, 0.2) is 0 Å². The molecule has 0 fully saturated rings. The normalized spacial score (nSPS) is 14.0. The average Bonchev–Trinajstić information content (AvgIpc) is 3.08. The molecule has 3 rings (SSSR count). The van der Waals surface area contributed by atoms with Gasteiger partial charge in [0.05, 0.1) is 18.3 Å². The Labute approximate surface area is 160 Å². The number of aliphatic hydroxyl groups is 1. The van der Waals surface area contributed by atoms with Gasteiger partial charge in [-0.2, -0.15) is 18.3 Å². The minimum atomic E-state index is -4.72. The second-order valence-corrected chi connectivity index (χ2v) is 6.66. The van der Waals surface area contributed by atoms with Crippen LogP contribution in [0.4, 0.5) is 13.2 Å². The largest absolute Gasteiger partial charge is 0.437 e. The predicted molar refractivity (Wildman–Crippen MR) is 90.8 cm³/mol. The molecule has 0 aliphatic heterocycles. The van der Waals surface area contributed by atoms with E-state index >= 15 is 0 Å². The Morgan fingerprint density at radius 1 is 1.19 bits per heavy atom. The van der Waals surface area contributed by atoms with Crippen molar-refractivity contribution in [3.05, 3.63) is 59.0 Å². The number of pyridine rings is 2. The maximum Gasteiger partial charge on any atom is 0.417 e. The van der Waals surface area contributed by atoms with Crippen molar-refractivity contribution >= 4 is 15.9 Å². The summed E-state index contributed by atoms with van der Waals surface area (Å²) in [5.74, 6) is -0.0484. The number of halogens is 4. The van der Waals surface area contributed by atoms with E-state index in [1.54, 1.807) is 6.07 Å². The molecule has 0 saturated heterocycles. The fraction of sp³-hybridized carbons (Fsp3) is 0.250. The van der Waals surface area contributed by atoms with Crippen molar-refractivity contribution in [2.45, 2.75) is 25.2 Å². The third-order valence-corrected chi connectivity index (χ3v) is 4.09. The van der Waals surface area contributed by atoms with Gasteiger partial charge in [-0.05, 0) is 35.0 Å². The SMILES string of the molecule is CC(O)(Cn1cncn1)c1cnc(Oc2ccc(Br)nc2)cc1C(F)(F)F. The molecule has 3 aromatic rings. The molecule has 7 nitrogen and oxygen atoms in total. The number of ether oxygens (including phenoxy) is 1. The fourth-order valence-electron chi connectivity index (χ4n) is 2.41. The highest BCUT2D eigenvalue weighted by Crippen LogP contribution is 2.39. The number of rotatable bonds is 5. The Morgan fingerprint density at radius 3 is 2.56 bits per heavy atom. The summed E-state index contributed by atoms with van der Waals surface area (Å²) in [6.07, 6.45) is 0.0885. The van der Waals surface area contributed by atoms with Gasteiger partial charge in [0.25, 0.3) is 0 Å². The van der Waals surface area contributed by atoms with Crippen molar-refractivity contribution < 1.29 is 23.0 Å². The standard InChI is InChI=1S/C16H13BrF3N5O2/c1-15(26,7-25-9-21-8-24-25)12-6-23-14(4-11(12)16(18,19)20)27-10-2-3-13(17)22-5-10/h2-6,8-9,26H,7H2,1H3. The van der Waals surface area contributed by atoms with Crippen LogP contribution >= 0.6 is 15.9 Å². The van der Waals surface area contributed by atoms with Gasteiger partial charge in [0.1, 0.15) is 28.6 Å². The third-order valence-electron chi connectivity index (χ3n) is 3.62. The number of aromatic nitrogens is 5. The number of hydrogen-bond donors (Lipinski definition) is 1. The van der Waals surface area contributed by atoms with E-state index in [1.165, 1.54) is 36.5 Å². The van der Waals surface area contributed by atoms with Crippen molar-refractivity contribution in [2.24, 2.45) is 0 Å². The van der Waals surface area contributed by atoms with Gasteiger partial charge in [0, 0.05) is 17.8 Å². The van der Waals surface area contributed by atoms with Crippen LogP contribution in [0, 0.1) is 0 Å². The van der Waals surface area contributed by atoms with Gasteiger partial charge in [0.2, 0.25) is 5.88 Å². The maximum atomic E-state index is 13.6. The number of alkyl halides is 3. The number of nitrogens with zero attached hydrogens (tertiary/aromatic N) is 5. The van der Waals surface area contributed by atoms with Crippen molar-refractivity contribution in [3.8, 4) is 11.6 Å². The lowest BCUT2D eigenvalue weighted by Crippen LogP contribution is -2.31. The summed E-state index contributed by atoms with van der Waals surface area (Å²) < 4.78 is 47.9. The van der Waals surface area contributed by atoms with Crippen molar-refractivity contribution in [1.82, 2.24) is 24.7 Å². The fourth-order valence-corrected chi connectivity index (χ4v) is 2.65. The van der Waals surface area contributed by atoms with Gasteiger partial charge in [-0.15, -0.1) is 0 Å². The third kappa shape index (κ3) is 4.61. The molecule has 0 aliphatic rings. The zero-order chi connectivity index (χ0) is 19.7. The van der Waals surface area contributed by atoms with Crippen LogP contribution in [-0.2, 0) is 18.3 Å². The molecule has 0 bridgehead atoms. The summed E-state index contributed by atoms with van der Waals surface area (Å²) in [7, 11) is 0. The summed E-state index contributed by atoms with van der Waals surface area (Å²) in [5.41, 5.74) is -3.34. The summed E-state index contributed by atoms with van der Waals surface area (Å²) in [4.78, 5) is 11.5. The highest BCUT2D eigenvalue weighted by atomic mass is 79.9. The first kappa shape index (κ1) is 19.2. The molecule has 11 heteroatoms. The molecule has 0 aliphatic carbocycles. The van der Waals surface area contributed by atoms with E-state index in [0.29, 0.717) is 4.60 Å². The van der Waals surface area contributed by atoms with E-state index in [4.69, 9.17) is 4.74 Å². The first-order valence-electron chi connectivity index (χ1n) is 7.57. The highest BCUT2D eigenvalue weighted by Gasteiger charge is 2.40. The monoisotopic (exact) mass is 443 g/mol.